The Labute approximate surface area is 75.8 Å². The minimum absolute atomic E-state index is 0.239. The van der Waals surface area contributed by atoms with Crippen molar-refractivity contribution >= 4 is 5.95 Å². The maximum Gasteiger partial charge on any atom is 0.240 e. The second-order valence-electron chi connectivity index (χ2n) is 3.20. The van der Waals surface area contributed by atoms with Crippen molar-refractivity contribution in [3.8, 4) is 0 Å². The van der Waals surface area contributed by atoms with Gasteiger partial charge in [0.2, 0.25) is 5.95 Å². The second kappa shape index (κ2) is 3.21. The smallest absolute Gasteiger partial charge is 0.240 e. The molecule has 0 aromatic carbocycles. The molecule has 1 aliphatic rings. The fourth-order valence-electron chi connectivity index (χ4n) is 1.54. The highest BCUT2D eigenvalue weighted by Gasteiger charge is 2.21. The molecule has 0 aliphatic carbocycles. The van der Waals surface area contributed by atoms with E-state index in [1.807, 2.05) is 0 Å². The zero-order valence-corrected chi connectivity index (χ0v) is 7.31. The van der Waals surface area contributed by atoms with E-state index in [4.69, 9.17) is 16.3 Å². The van der Waals surface area contributed by atoms with Gasteiger partial charge in [-0.25, -0.2) is 4.68 Å². The lowest BCUT2D eigenvalue weighted by molar-refractivity contribution is 0.0774. The number of hydrogen-bond donors (Lipinski definition) is 2. The maximum atomic E-state index is 5.64. The Hall–Kier alpha value is -1.30. The SMILES string of the molecule is Nc1nnc(C2CCCOC2)n1N. The number of aromatic nitrogens is 3. The van der Waals surface area contributed by atoms with Crippen molar-refractivity contribution in [3.63, 3.8) is 0 Å². The number of ether oxygens (including phenoxy) is 1. The summed E-state index contributed by atoms with van der Waals surface area (Å²) in [5.74, 6) is 6.85. The molecule has 0 bridgehead atoms. The van der Waals surface area contributed by atoms with E-state index < -0.39 is 0 Å². The Bertz CT molecular complexity index is 291. The van der Waals surface area contributed by atoms with Crippen LogP contribution in [0.5, 0.6) is 0 Å². The molecular weight excluding hydrogens is 170 g/mol. The predicted molar refractivity (Wildman–Crippen MR) is 47.4 cm³/mol. The fraction of sp³-hybridized carbons (Fsp3) is 0.714. The van der Waals surface area contributed by atoms with E-state index in [9.17, 15) is 0 Å². The Morgan fingerprint density at radius 1 is 1.46 bits per heavy atom. The summed E-state index contributed by atoms with van der Waals surface area (Å²) >= 11 is 0. The average Bonchev–Trinajstić information content (AvgIpc) is 2.49. The van der Waals surface area contributed by atoms with Crippen LogP contribution in [0, 0.1) is 0 Å². The normalized spacial score (nSPS) is 23.2. The molecule has 2 heterocycles. The van der Waals surface area contributed by atoms with Crippen LogP contribution in [0.15, 0.2) is 0 Å². The van der Waals surface area contributed by atoms with Crippen LogP contribution in [0.3, 0.4) is 0 Å². The molecule has 6 heteroatoms. The highest BCUT2D eigenvalue weighted by atomic mass is 16.5. The molecule has 1 aliphatic heterocycles. The number of hydrogen-bond acceptors (Lipinski definition) is 5. The Balaban J connectivity index is 2.18. The van der Waals surface area contributed by atoms with Gasteiger partial charge in [-0.1, -0.05) is 0 Å². The summed E-state index contributed by atoms with van der Waals surface area (Å²) in [6.45, 7) is 1.49. The standard InChI is InChI=1S/C7H13N5O/c8-7-11-10-6(12(7)9)5-2-1-3-13-4-5/h5H,1-4,9H2,(H2,8,11). The van der Waals surface area contributed by atoms with E-state index in [0.717, 1.165) is 25.3 Å². The molecule has 1 atom stereocenters. The lowest BCUT2D eigenvalue weighted by atomic mass is 10.0. The lowest BCUT2D eigenvalue weighted by Crippen LogP contribution is -2.23. The molecule has 0 saturated carbocycles. The monoisotopic (exact) mass is 183 g/mol. The van der Waals surface area contributed by atoms with Gasteiger partial charge in [0.05, 0.1) is 6.61 Å². The zero-order chi connectivity index (χ0) is 9.26. The second-order valence-corrected chi connectivity index (χ2v) is 3.20. The number of nitrogen functional groups attached to an aromatic ring is 2. The van der Waals surface area contributed by atoms with Crippen molar-refractivity contribution in [1.29, 1.82) is 0 Å². The van der Waals surface area contributed by atoms with E-state index >= 15 is 0 Å². The number of nitrogens with zero attached hydrogens (tertiary/aromatic N) is 3. The summed E-state index contributed by atoms with van der Waals surface area (Å²) in [6.07, 6.45) is 2.08. The van der Waals surface area contributed by atoms with Crippen LogP contribution in [-0.4, -0.2) is 28.1 Å². The summed E-state index contributed by atoms with van der Waals surface area (Å²) in [7, 11) is 0. The Morgan fingerprint density at radius 3 is 2.85 bits per heavy atom. The third kappa shape index (κ3) is 1.44. The minimum atomic E-state index is 0.239. The summed E-state index contributed by atoms with van der Waals surface area (Å²) in [6, 6.07) is 0. The van der Waals surface area contributed by atoms with Crippen molar-refractivity contribution in [1.82, 2.24) is 14.9 Å². The summed E-state index contributed by atoms with van der Waals surface area (Å²) < 4.78 is 6.66. The number of nitrogens with two attached hydrogens (primary N) is 2. The first-order valence-electron chi connectivity index (χ1n) is 4.32. The Kier molecular flexibility index (Phi) is 2.05. The van der Waals surface area contributed by atoms with Crippen LogP contribution in [0.4, 0.5) is 5.95 Å². The topological polar surface area (TPSA) is 92.0 Å². The van der Waals surface area contributed by atoms with Crippen LogP contribution in [-0.2, 0) is 4.74 Å². The first-order valence-corrected chi connectivity index (χ1v) is 4.32. The highest BCUT2D eigenvalue weighted by Crippen LogP contribution is 2.23. The van der Waals surface area contributed by atoms with Crippen LogP contribution < -0.4 is 11.6 Å². The summed E-state index contributed by atoms with van der Waals surface area (Å²) in [5, 5.41) is 7.62. The molecule has 4 N–H and O–H groups in total. The molecule has 1 fully saturated rings. The molecule has 13 heavy (non-hydrogen) atoms. The largest absolute Gasteiger partial charge is 0.381 e. The highest BCUT2D eigenvalue weighted by molar-refractivity contribution is 5.19. The Morgan fingerprint density at radius 2 is 2.31 bits per heavy atom. The molecule has 0 radical (unpaired) electrons. The molecule has 0 spiro atoms. The molecule has 1 aromatic heterocycles. The molecule has 72 valence electrons. The summed E-state index contributed by atoms with van der Waals surface area (Å²) in [4.78, 5) is 0. The van der Waals surface area contributed by atoms with Crippen molar-refractivity contribution < 1.29 is 4.74 Å². The van der Waals surface area contributed by atoms with Gasteiger partial charge in [-0.2, -0.15) is 0 Å². The van der Waals surface area contributed by atoms with Crippen molar-refractivity contribution in [2.45, 2.75) is 18.8 Å². The van der Waals surface area contributed by atoms with Gasteiger partial charge >= 0.3 is 0 Å². The third-order valence-electron chi connectivity index (χ3n) is 2.27. The molecule has 1 unspecified atom stereocenters. The quantitative estimate of drug-likeness (QED) is 0.571. The van der Waals surface area contributed by atoms with Crippen LogP contribution in [0.1, 0.15) is 24.6 Å². The average molecular weight is 183 g/mol. The van der Waals surface area contributed by atoms with E-state index in [1.54, 1.807) is 0 Å². The molecule has 0 amide bonds. The van der Waals surface area contributed by atoms with Crippen LogP contribution >= 0.6 is 0 Å². The van der Waals surface area contributed by atoms with Crippen molar-refractivity contribution in [3.05, 3.63) is 5.82 Å². The molecular formula is C7H13N5O. The van der Waals surface area contributed by atoms with Crippen molar-refractivity contribution in [2.75, 3.05) is 24.8 Å². The van der Waals surface area contributed by atoms with Gasteiger partial charge in [-0.05, 0) is 12.8 Å². The van der Waals surface area contributed by atoms with Gasteiger partial charge in [0.15, 0.2) is 5.82 Å². The van der Waals surface area contributed by atoms with Crippen LogP contribution in [0.2, 0.25) is 0 Å². The lowest BCUT2D eigenvalue weighted by Gasteiger charge is -2.20. The van der Waals surface area contributed by atoms with E-state index in [1.165, 1.54) is 4.68 Å². The fourth-order valence-corrected chi connectivity index (χ4v) is 1.54. The third-order valence-corrected chi connectivity index (χ3v) is 2.27. The van der Waals surface area contributed by atoms with Gasteiger partial charge < -0.3 is 16.3 Å². The minimum Gasteiger partial charge on any atom is -0.381 e. The van der Waals surface area contributed by atoms with Gasteiger partial charge in [-0.3, -0.25) is 0 Å². The zero-order valence-electron chi connectivity index (χ0n) is 7.31. The van der Waals surface area contributed by atoms with Crippen LogP contribution in [0.25, 0.3) is 0 Å². The van der Waals surface area contributed by atoms with Crippen molar-refractivity contribution in [2.24, 2.45) is 0 Å². The number of anilines is 1. The number of rotatable bonds is 1. The predicted octanol–water partition coefficient (Wildman–Crippen LogP) is -0.532. The molecule has 1 saturated heterocycles. The van der Waals surface area contributed by atoms with Gasteiger partial charge in [0, 0.05) is 12.5 Å². The van der Waals surface area contributed by atoms with Gasteiger partial charge in [-0.15, -0.1) is 10.2 Å². The van der Waals surface area contributed by atoms with Gasteiger partial charge in [0.1, 0.15) is 0 Å². The first kappa shape index (κ1) is 8.31. The summed E-state index contributed by atoms with van der Waals surface area (Å²) in [5.41, 5.74) is 5.47. The van der Waals surface area contributed by atoms with Gasteiger partial charge in [0.25, 0.3) is 0 Å². The van der Waals surface area contributed by atoms with E-state index in [-0.39, 0.29) is 11.9 Å². The maximum absolute atomic E-state index is 5.64. The molecule has 1 aromatic rings. The molecule has 2 rings (SSSR count). The van der Waals surface area contributed by atoms with E-state index in [2.05, 4.69) is 10.2 Å². The molecule has 6 nitrogen and oxygen atoms in total. The first-order chi connectivity index (χ1) is 6.29. The van der Waals surface area contributed by atoms with E-state index in [0.29, 0.717) is 6.61 Å².